The van der Waals surface area contributed by atoms with Crippen molar-refractivity contribution in [3.05, 3.63) is 51.2 Å². The smallest absolute Gasteiger partial charge is 0.0647 e. The first kappa shape index (κ1) is 11.2. The van der Waals surface area contributed by atoms with Gasteiger partial charge in [0.05, 0.1) is 11.9 Å². The van der Waals surface area contributed by atoms with E-state index in [4.69, 9.17) is 11.6 Å². The van der Waals surface area contributed by atoms with Crippen LogP contribution in [0.4, 0.5) is 5.69 Å². The number of nitrogens with zero attached hydrogens (tertiary/aromatic N) is 1. The van der Waals surface area contributed by atoms with E-state index in [0.29, 0.717) is 0 Å². The summed E-state index contributed by atoms with van der Waals surface area (Å²) in [6, 6.07) is 9.52. The highest BCUT2D eigenvalue weighted by atomic mass is 35.5. The SMILES string of the molecule is Cc1ccsc1/C=N\Nc1ccc(Cl)cc1. The Labute approximate surface area is 104 Å². The molecule has 0 aliphatic heterocycles. The van der Waals surface area contributed by atoms with Crippen molar-refractivity contribution >= 4 is 34.8 Å². The summed E-state index contributed by atoms with van der Waals surface area (Å²) in [5.41, 5.74) is 5.12. The van der Waals surface area contributed by atoms with E-state index in [1.54, 1.807) is 11.3 Å². The molecule has 82 valence electrons. The van der Waals surface area contributed by atoms with Crippen molar-refractivity contribution in [2.75, 3.05) is 5.43 Å². The minimum absolute atomic E-state index is 0.726. The Bertz CT molecular complexity index is 488. The van der Waals surface area contributed by atoms with Gasteiger partial charge >= 0.3 is 0 Å². The summed E-state index contributed by atoms with van der Waals surface area (Å²) in [5, 5.41) is 6.95. The Hall–Kier alpha value is -1.32. The molecule has 16 heavy (non-hydrogen) atoms. The predicted octanol–water partition coefficient (Wildman–Crippen LogP) is 4.16. The molecule has 0 radical (unpaired) electrons. The number of benzene rings is 1. The molecule has 0 saturated heterocycles. The summed E-state index contributed by atoms with van der Waals surface area (Å²) in [5.74, 6) is 0. The van der Waals surface area contributed by atoms with E-state index in [0.717, 1.165) is 10.7 Å². The number of hydrazone groups is 1. The second-order valence-corrected chi connectivity index (χ2v) is 4.73. The third-order valence-electron chi connectivity index (χ3n) is 2.12. The highest BCUT2D eigenvalue weighted by Gasteiger charge is 1.94. The zero-order valence-corrected chi connectivity index (χ0v) is 10.3. The summed E-state index contributed by atoms with van der Waals surface area (Å²) in [4.78, 5) is 1.17. The van der Waals surface area contributed by atoms with Crippen LogP contribution in [0.2, 0.25) is 5.02 Å². The molecule has 0 spiro atoms. The number of thiophene rings is 1. The highest BCUT2D eigenvalue weighted by Crippen LogP contribution is 2.14. The van der Waals surface area contributed by atoms with Crippen LogP contribution < -0.4 is 5.43 Å². The Balaban J connectivity index is 2.00. The molecular weight excluding hydrogens is 240 g/mol. The monoisotopic (exact) mass is 250 g/mol. The Morgan fingerprint density at radius 2 is 2.00 bits per heavy atom. The van der Waals surface area contributed by atoms with Crippen LogP contribution in [0.5, 0.6) is 0 Å². The number of rotatable bonds is 3. The van der Waals surface area contributed by atoms with E-state index in [-0.39, 0.29) is 0 Å². The maximum atomic E-state index is 5.78. The number of halogens is 1. The second kappa shape index (κ2) is 5.14. The van der Waals surface area contributed by atoms with Gasteiger partial charge in [0.25, 0.3) is 0 Å². The minimum atomic E-state index is 0.726. The van der Waals surface area contributed by atoms with E-state index in [1.165, 1.54) is 10.4 Å². The van der Waals surface area contributed by atoms with Crippen LogP contribution in [0.1, 0.15) is 10.4 Å². The lowest BCUT2D eigenvalue weighted by Gasteiger charge is -1.99. The van der Waals surface area contributed by atoms with Gasteiger partial charge in [0.2, 0.25) is 0 Å². The fraction of sp³-hybridized carbons (Fsp3) is 0.0833. The lowest BCUT2D eigenvalue weighted by Crippen LogP contribution is -1.89. The van der Waals surface area contributed by atoms with E-state index >= 15 is 0 Å². The molecule has 0 aliphatic carbocycles. The summed E-state index contributed by atoms with van der Waals surface area (Å²) in [6.07, 6.45) is 1.83. The van der Waals surface area contributed by atoms with Crippen molar-refractivity contribution < 1.29 is 0 Å². The predicted molar refractivity (Wildman–Crippen MR) is 71.7 cm³/mol. The van der Waals surface area contributed by atoms with Crippen LogP contribution in [0.3, 0.4) is 0 Å². The standard InChI is InChI=1S/C12H11ClN2S/c1-9-6-7-16-12(9)8-14-15-11-4-2-10(13)3-5-11/h2-8,15H,1H3/b14-8-. The lowest BCUT2D eigenvalue weighted by molar-refractivity contribution is 1.35. The van der Waals surface area contributed by atoms with Crippen LogP contribution in [0.15, 0.2) is 40.8 Å². The molecule has 0 aliphatic rings. The third kappa shape index (κ3) is 2.84. The molecule has 0 unspecified atom stereocenters. The molecular formula is C12H11ClN2S. The van der Waals surface area contributed by atoms with E-state index in [2.05, 4.69) is 28.9 Å². The topological polar surface area (TPSA) is 24.4 Å². The van der Waals surface area contributed by atoms with Crippen molar-refractivity contribution in [3.8, 4) is 0 Å². The minimum Gasteiger partial charge on any atom is -0.278 e. The van der Waals surface area contributed by atoms with Crippen molar-refractivity contribution in [1.29, 1.82) is 0 Å². The summed E-state index contributed by atoms with van der Waals surface area (Å²) in [6.45, 7) is 2.07. The van der Waals surface area contributed by atoms with E-state index in [9.17, 15) is 0 Å². The van der Waals surface area contributed by atoms with Gasteiger partial charge in [-0.2, -0.15) is 5.10 Å². The normalized spacial score (nSPS) is 10.9. The van der Waals surface area contributed by atoms with Gasteiger partial charge in [-0.1, -0.05) is 11.6 Å². The highest BCUT2D eigenvalue weighted by molar-refractivity contribution is 7.11. The first-order valence-electron chi connectivity index (χ1n) is 4.84. The zero-order chi connectivity index (χ0) is 11.4. The average molecular weight is 251 g/mol. The van der Waals surface area contributed by atoms with Crippen molar-refractivity contribution in [2.45, 2.75) is 6.92 Å². The molecule has 0 saturated carbocycles. The second-order valence-electron chi connectivity index (χ2n) is 3.34. The van der Waals surface area contributed by atoms with Crippen LogP contribution >= 0.6 is 22.9 Å². The number of hydrogen-bond donors (Lipinski definition) is 1. The molecule has 2 rings (SSSR count). The molecule has 0 atom stereocenters. The fourth-order valence-electron chi connectivity index (χ4n) is 1.21. The van der Waals surface area contributed by atoms with Crippen LogP contribution in [0.25, 0.3) is 0 Å². The molecule has 4 heteroatoms. The van der Waals surface area contributed by atoms with Gasteiger partial charge in [0, 0.05) is 9.90 Å². The average Bonchev–Trinajstić information content (AvgIpc) is 2.68. The fourth-order valence-corrected chi connectivity index (χ4v) is 2.12. The van der Waals surface area contributed by atoms with Crippen molar-refractivity contribution in [2.24, 2.45) is 5.10 Å². The molecule has 1 N–H and O–H groups in total. The van der Waals surface area contributed by atoms with Crippen LogP contribution in [-0.4, -0.2) is 6.21 Å². The van der Waals surface area contributed by atoms with Crippen LogP contribution in [-0.2, 0) is 0 Å². The first-order valence-corrected chi connectivity index (χ1v) is 6.10. The zero-order valence-electron chi connectivity index (χ0n) is 8.77. The van der Waals surface area contributed by atoms with Gasteiger partial charge in [0.15, 0.2) is 0 Å². The molecule has 0 fully saturated rings. The molecule has 1 aromatic heterocycles. The van der Waals surface area contributed by atoms with Gasteiger partial charge < -0.3 is 0 Å². The Morgan fingerprint density at radius 1 is 1.25 bits per heavy atom. The number of hydrogen-bond acceptors (Lipinski definition) is 3. The van der Waals surface area contributed by atoms with Gasteiger partial charge in [-0.05, 0) is 48.2 Å². The number of nitrogens with one attached hydrogen (secondary N) is 1. The quantitative estimate of drug-likeness (QED) is 0.642. The van der Waals surface area contributed by atoms with E-state index in [1.807, 2.05) is 30.5 Å². The molecule has 2 nitrogen and oxygen atoms in total. The van der Waals surface area contributed by atoms with Gasteiger partial charge in [-0.3, -0.25) is 5.43 Å². The lowest BCUT2D eigenvalue weighted by atomic mass is 10.3. The van der Waals surface area contributed by atoms with Crippen molar-refractivity contribution in [1.82, 2.24) is 0 Å². The maximum absolute atomic E-state index is 5.78. The first-order chi connectivity index (χ1) is 7.75. The van der Waals surface area contributed by atoms with Gasteiger partial charge in [-0.15, -0.1) is 11.3 Å². The molecule has 0 amide bonds. The summed E-state index contributed by atoms with van der Waals surface area (Å²) in [7, 11) is 0. The largest absolute Gasteiger partial charge is 0.278 e. The number of aryl methyl sites for hydroxylation is 1. The number of anilines is 1. The Morgan fingerprint density at radius 3 is 2.62 bits per heavy atom. The maximum Gasteiger partial charge on any atom is 0.0647 e. The third-order valence-corrected chi connectivity index (χ3v) is 3.33. The van der Waals surface area contributed by atoms with Gasteiger partial charge in [0.1, 0.15) is 0 Å². The van der Waals surface area contributed by atoms with Crippen LogP contribution in [0, 0.1) is 6.92 Å². The molecule has 1 heterocycles. The molecule has 1 aromatic carbocycles. The molecule has 0 bridgehead atoms. The van der Waals surface area contributed by atoms with E-state index < -0.39 is 0 Å². The van der Waals surface area contributed by atoms with Crippen molar-refractivity contribution in [3.63, 3.8) is 0 Å². The van der Waals surface area contributed by atoms with Gasteiger partial charge in [-0.25, -0.2) is 0 Å². The Kier molecular flexibility index (Phi) is 3.59. The summed E-state index contributed by atoms with van der Waals surface area (Å²) < 4.78 is 0. The molecule has 2 aromatic rings. The summed E-state index contributed by atoms with van der Waals surface area (Å²) >= 11 is 7.46.